The van der Waals surface area contributed by atoms with Crippen molar-refractivity contribution in [2.45, 2.75) is 24.9 Å². The van der Waals surface area contributed by atoms with Crippen LogP contribution in [0, 0.1) is 0 Å². The molecule has 2 aromatic rings. The summed E-state index contributed by atoms with van der Waals surface area (Å²) in [7, 11) is 1.92. The predicted molar refractivity (Wildman–Crippen MR) is 85.1 cm³/mol. The highest BCUT2D eigenvalue weighted by atomic mass is 32.2. The van der Waals surface area contributed by atoms with Crippen LogP contribution in [0.2, 0.25) is 0 Å². The summed E-state index contributed by atoms with van der Waals surface area (Å²) in [6.45, 7) is 2.84. The second-order valence-corrected chi connectivity index (χ2v) is 5.67. The Bertz CT molecular complexity index is 583. The van der Waals surface area contributed by atoms with E-state index in [0.717, 1.165) is 35.9 Å². The summed E-state index contributed by atoms with van der Waals surface area (Å²) in [5, 5.41) is 12.0. The first-order chi connectivity index (χ1) is 10.2. The number of amides is 1. The van der Waals surface area contributed by atoms with Gasteiger partial charge in [0.1, 0.15) is 0 Å². The number of hydrogen-bond acceptors (Lipinski definition) is 4. The van der Waals surface area contributed by atoms with Crippen molar-refractivity contribution in [3.8, 4) is 11.4 Å². The van der Waals surface area contributed by atoms with Gasteiger partial charge in [0.25, 0.3) is 0 Å². The normalized spacial score (nSPS) is 10.6. The highest BCUT2D eigenvalue weighted by molar-refractivity contribution is 7.99. The summed E-state index contributed by atoms with van der Waals surface area (Å²) in [5.74, 6) is 1.21. The lowest BCUT2D eigenvalue weighted by Gasteiger charge is -2.05. The monoisotopic (exact) mass is 304 g/mol. The molecule has 21 heavy (non-hydrogen) atoms. The first kappa shape index (κ1) is 15.6. The van der Waals surface area contributed by atoms with Crippen molar-refractivity contribution in [1.82, 2.24) is 20.1 Å². The molecular formula is C15H20N4OS. The fourth-order valence-corrected chi connectivity index (χ4v) is 2.61. The Hall–Kier alpha value is -1.82. The summed E-state index contributed by atoms with van der Waals surface area (Å²) < 4.78 is 1.92. The third-order valence-electron chi connectivity index (χ3n) is 3.05. The third-order valence-corrected chi connectivity index (χ3v) is 4.07. The van der Waals surface area contributed by atoms with Crippen molar-refractivity contribution in [2.24, 2.45) is 7.05 Å². The molecule has 0 spiro atoms. The molecule has 6 heteroatoms. The fraction of sp³-hybridized carbons (Fsp3) is 0.400. The Morgan fingerprint density at radius 2 is 2.05 bits per heavy atom. The Morgan fingerprint density at radius 1 is 1.29 bits per heavy atom. The summed E-state index contributed by atoms with van der Waals surface area (Å²) in [5.41, 5.74) is 1.02. The Morgan fingerprint density at radius 3 is 2.76 bits per heavy atom. The number of unbranched alkanes of at least 4 members (excludes halogenated alkanes) is 1. The van der Waals surface area contributed by atoms with Crippen LogP contribution in [-0.2, 0) is 11.8 Å². The summed E-state index contributed by atoms with van der Waals surface area (Å²) in [4.78, 5) is 11.7. The van der Waals surface area contributed by atoms with Gasteiger partial charge in [-0.25, -0.2) is 0 Å². The molecule has 0 fully saturated rings. The van der Waals surface area contributed by atoms with Crippen molar-refractivity contribution < 1.29 is 4.79 Å². The van der Waals surface area contributed by atoms with Crippen molar-refractivity contribution in [3.63, 3.8) is 0 Å². The Balaban J connectivity index is 1.93. The SMILES string of the molecule is CCCCNC(=O)CSc1nnc(-c2ccccc2)n1C. The van der Waals surface area contributed by atoms with Crippen molar-refractivity contribution >= 4 is 17.7 Å². The van der Waals surface area contributed by atoms with Gasteiger partial charge in [0, 0.05) is 19.2 Å². The van der Waals surface area contributed by atoms with E-state index in [1.54, 1.807) is 0 Å². The Labute approximate surface area is 129 Å². The molecule has 0 aliphatic heterocycles. The van der Waals surface area contributed by atoms with Crippen LogP contribution in [0.1, 0.15) is 19.8 Å². The molecule has 0 aliphatic rings. The van der Waals surface area contributed by atoms with Gasteiger partial charge >= 0.3 is 0 Å². The lowest BCUT2D eigenvalue weighted by molar-refractivity contribution is -0.118. The van der Waals surface area contributed by atoms with Gasteiger partial charge in [0.05, 0.1) is 5.75 Å². The maximum atomic E-state index is 11.7. The van der Waals surface area contributed by atoms with Crippen LogP contribution in [0.25, 0.3) is 11.4 Å². The number of nitrogens with one attached hydrogen (secondary N) is 1. The smallest absolute Gasteiger partial charge is 0.230 e. The van der Waals surface area contributed by atoms with Gasteiger partial charge in [0.2, 0.25) is 5.91 Å². The van der Waals surface area contributed by atoms with E-state index >= 15 is 0 Å². The maximum Gasteiger partial charge on any atom is 0.230 e. The third kappa shape index (κ3) is 4.32. The molecule has 0 bridgehead atoms. The maximum absolute atomic E-state index is 11.7. The van der Waals surface area contributed by atoms with Crippen molar-refractivity contribution in [3.05, 3.63) is 30.3 Å². The number of thioether (sulfide) groups is 1. The van der Waals surface area contributed by atoms with E-state index in [0.29, 0.717) is 5.75 Å². The summed E-state index contributed by atoms with van der Waals surface area (Å²) >= 11 is 1.41. The standard InChI is InChI=1S/C15H20N4OS/c1-3-4-10-16-13(20)11-21-15-18-17-14(19(15)2)12-8-6-5-7-9-12/h5-9H,3-4,10-11H2,1-2H3,(H,16,20). The van der Waals surface area contributed by atoms with Gasteiger partial charge in [-0.15, -0.1) is 10.2 Å². The lowest BCUT2D eigenvalue weighted by Crippen LogP contribution is -2.26. The minimum Gasteiger partial charge on any atom is -0.355 e. The molecule has 1 N–H and O–H groups in total. The van der Waals surface area contributed by atoms with E-state index in [1.807, 2.05) is 41.9 Å². The molecule has 1 aromatic heterocycles. The molecule has 0 unspecified atom stereocenters. The number of nitrogens with zero attached hydrogens (tertiary/aromatic N) is 3. The number of aromatic nitrogens is 3. The predicted octanol–water partition coefficient (Wildman–Crippen LogP) is 2.49. The van der Waals surface area contributed by atoms with E-state index in [1.165, 1.54) is 11.8 Å². The molecule has 0 aliphatic carbocycles. The van der Waals surface area contributed by atoms with Gasteiger partial charge in [-0.3, -0.25) is 4.79 Å². The van der Waals surface area contributed by atoms with E-state index in [2.05, 4.69) is 22.4 Å². The molecule has 2 rings (SSSR count). The van der Waals surface area contributed by atoms with Crippen LogP contribution in [0.5, 0.6) is 0 Å². The summed E-state index contributed by atoms with van der Waals surface area (Å²) in [6, 6.07) is 9.90. The molecule has 1 heterocycles. The van der Waals surface area contributed by atoms with Crippen LogP contribution in [0.3, 0.4) is 0 Å². The zero-order chi connectivity index (χ0) is 15.1. The molecule has 0 saturated carbocycles. The number of benzene rings is 1. The molecule has 1 amide bonds. The zero-order valence-electron chi connectivity index (χ0n) is 12.4. The minimum atomic E-state index is 0.0395. The van der Waals surface area contributed by atoms with Gasteiger partial charge in [0.15, 0.2) is 11.0 Å². The Kier molecular flexibility index (Phi) is 5.80. The highest BCUT2D eigenvalue weighted by Gasteiger charge is 2.12. The minimum absolute atomic E-state index is 0.0395. The van der Waals surface area contributed by atoms with Gasteiger partial charge in [-0.2, -0.15) is 0 Å². The number of carbonyl (C=O) groups excluding carboxylic acids is 1. The van der Waals surface area contributed by atoms with Crippen molar-refractivity contribution in [1.29, 1.82) is 0 Å². The van der Waals surface area contributed by atoms with Crippen LogP contribution < -0.4 is 5.32 Å². The lowest BCUT2D eigenvalue weighted by atomic mass is 10.2. The molecule has 0 radical (unpaired) electrons. The van der Waals surface area contributed by atoms with Crippen molar-refractivity contribution in [2.75, 3.05) is 12.3 Å². The van der Waals surface area contributed by atoms with E-state index in [-0.39, 0.29) is 5.91 Å². The topological polar surface area (TPSA) is 59.8 Å². The molecule has 1 aromatic carbocycles. The molecule has 0 saturated heterocycles. The largest absolute Gasteiger partial charge is 0.355 e. The molecule has 0 atom stereocenters. The quantitative estimate of drug-likeness (QED) is 0.630. The average molecular weight is 304 g/mol. The van der Waals surface area contributed by atoms with E-state index < -0.39 is 0 Å². The first-order valence-electron chi connectivity index (χ1n) is 7.06. The highest BCUT2D eigenvalue weighted by Crippen LogP contribution is 2.21. The number of carbonyl (C=O) groups is 1. The zero-order valence-corrected chi connectivity index (χ0v) is 13.2. The number of rotatable bonds is 7. The van der Waals surface area contributed by atoms with Gasteiger partial charge in [-0.1, -0.05) is 55.4 Å². The number of hydrogen-bond donors (Lipinski definition) is 1. The van der Waals surface area contributed by atoms with Crippen LogP contribution in [0.4, 0.5) is 0 Å². The van der Waals surface area contributed by atoms with Crippen LogP contribution in [0.15, 0.2) is 35.5 Å². The van der Waals surface area contributed by atoms with Crippen LogP contribution >= 0.6 is 11.8 Å². The van der Waals surface area contributed by atoms with Gasteiger partial charge < -0.3 is 9.88 Å². The summed E-state index contributed by atoms with van der Waals surface area (Å²) in [6.07, 6.45) is 2.09. The fourth-order valence-electron chi connectivity index (χ4n) is 1.86. The first-order valence-corrected chi connectivity index (χ1v) is 8.05. The van der Waals surface area contributed by atoms with E-state index in [9.17, 15) is 4.79 Å². The van der Waals surface area contributed by atoms with Gasteiger partial charge in [-0.05, 0) is 6.42 Å². The second-order valence-electron chi connectivity index (χ2n) is 4.72. The van der Waals surface area contributed by atoms with Crippen LogP contribution in [-0.4, -0.2) is 33.0 Å². The molecular weight excluding hydrogens is 284 g/mol. The van der Waals surface area contributed by atoms with E-state index in [4.69, 9.17) is 0 Å². The molecule has 112 valence electrons. The molecule has 5 nitrogen and oxygen atoms in total. The average Bonchev–Trinajstić information content (AvgIpc) is 2.87. The second kappa shape index (κ2) is 7.83.